The maximum absolute atomic E-state index is 12.6. The summed E-state index contributed by atoms with van der Waals surface area (Å²) in [6.45, 7) is 3.43. The SMILES string of the molecule is COCCN(CC1CCCN1)C(=O)C1CCC(=O)NC1. The summed E-state index contributed by atoms with van der Waals surface area (Å²) in [5.74, 6) is 0.122. The van der Waals surface area contributed by atoms with Crippen LogP contribution < -0.4 is 10.6 Å². The lowest BCUT2D eigenvalue weighted by Crippen LogP contribution is -2.49. The van der Waals surface area contributed by atoms with Crippen LogP contribution in [0.4, 0.5) is 0 Å². The number of nitrogens with zero attached hydrogens (tertiary/aromatic N) is 1. The molecule has 0 aromatic carbocycles. The molecule has 2 atom stereocenters. The molecule has 2 heterocycles. The van der Waals surface area contributed by atoms with E-state index in [2.05, 4.69) is 10.6 Å². The summed E-state index contributed by atoms with van der Waals surface area (Å²) in [5.41, 5.74) is 0. The van der Waals surface area contributed by atoms with Gasteiger partial charge in [-0.25, -0.2) is 0 Å². The summed E-state index contributed by atoms with van der Waals surface area (Å²) in [6, 6.07) is 0.397. The molecule has 0 radical (unpaired) electrons. The van der Waals surface area contributed by atoms with Gasteiger partial charge in [0.2, 0.25) is 11.8 Å². The average Bonchev–Trinajstić information content (AvgIpc) is 2.96. The van der Waals surface area contributed by atoms with E-state index >= 15 is 0 Å². The minimum Gasteiger partial charge on any atom is -0.383 e. The monoisotopic (exact) mass is 283 g/mol. The molecule has 0 aromatic heterocycles. The Balaban J connectivity index is 1.89. The van der Waals surface area contributed by atoms with E-state index in [0.29, 0.717) is 38.6 Å². The first-order valence-corrected chi connectivity index (χ1v) is 7.48. The van der Waals surface area contributed by atoms with Crippen LogP contribution in [-0.2, 0) is 14.3 Å². The van der Waals surface area contributed by atoms with Crippen molar-refractivity contribution in [2.75, 3.05) is 39.9 Å². The quantitative estimate of drug-likeness (QED) is 0.704. The fourth-order valence-electron chi connectivity index (χ4n) is 2.87. The second-order valence-electron chi connectivity index (χ2n) is 5.61. The Bertz CT molecular complexity index is 333. The van der Waals surface area contributed by atoms with Gasteiger partial charge in [0.05, 0.1) is 12.5 Å². The van der Waals surface area contributed by atoms with Crippen LogP contribution in [0.3, 0.4) is 0 Å². The smallest absolute Gasteiger partial charge is 0.227 e. The number of carbonyl (C=O) groups excluding carboxylic acids is 2. The minimum atomic E-state index is -0.0778. The van der Waals surface area contributed by atoms with Crippen LogP contribution in [0.1, 0.15) is 25.7 Å². The van der Waals surface area contributed by atoms with E-state index in [1.807, 2.05) is 4.90 Å². The number of piperidine rings is 1. The fourth-order valence-corrected chi connectivity index (χ4v) is 2.87. The number of methoxy groups -OCH3 is 1. The predicted molar refractivity (Wildman–Crippen MR) is 75.2 cm³/mol. The van der Waals surface area contributed by atoms with E-state index in [-0.39, 0.29) is 17.7 Å². The highest BCUT2D eigenvalue weighted by molar-refractivity contribution is 5.83. The van der Waals surface area contributed by atoms with Gasteiger partial charge < -0.3 is 20.3 Å². The number of carbonyl (C=O) groups is 2. The van der Waals surface area contributed by atoms with Crippen molar-refractivity contribution >= 4 is 11.8 Å². The zero-order chi connectivity index (χ0) is 14.4. The van der Waals surface area contributed by atoms with Gasteiger partial charge in [-0.15, -0.1) is 0 Å². The molecule has 2 amide bonds. The molecule has 2 rings (SSSR count). The average molecular weight is 283 g/mol. The number of rotatable bonds is 6. The van der Waals surface area contributed by atoms with Gasteiger partial charge in [-0.05, 0) is 25.8 Å². The Kier molecular flexibility index (Phi) is 5.79. The lowest BCUT2D eigenvalue weighted by Gasteiger charge is -2.31. The van der Waals surface area contributed by atoms with Gasteiger partial charge in [-0.3, -0.25) is 9.59 Å². The highest BCUT2D eigenvalue weighted by Crippen LogP contribution is 2.16. The summed E-state index contributed by atoms with van der Waals surface area (Å²) < 4.78 is 5.11. The molecule has 0 bridgehead atoms. The van der Waals surface area contributed by atoms with Crippen LogP contribution in [-0.4, -0.2) is 62.7 Å². The molecule has 2 fully saturated rings. The molecule has 0 aliphatic carbocycles. The van der Waals surface area contributed by atoms with Crippen LogP contribution in [0.5, 0.6) is 0 Å². The van der Waals surface area contributed by atoms with Crippen LogP contribution in [0.15, 0.2) is 0 Å². The van der Waals surface area contributed by atoms with Gasteiger partial charge in [0.1, 0.15) is 0 Å². The Morgan fingerprint density at radius 3 is 2.90 bits per heavy atom. The molecule has 6 heteroatoms. The van der Waals surface area contributed by atoms with Crippen molar-refractivity contribution < 1.29 is 14.3 Å². The van der Waals surface area contributed by atoms with Gasteiger partial charge in [-0.2, -0.15) is 0 Å². The highest BCUT2D eigenvalue weighted by atomic mass is 16.5. The molecule has 2 unspecified atom stereocenters. The molecule has 2 aliphatic rings. The molecule has 20 heavy (non-hydrogen) atoms. The third kappa shape index (κ3) is 4.18. The van der Waals surface area contributed by atoms with Gasteiger partial charge in [-0.1, -0.05) is 0 Å². The molecular weight excluding hydrogens is 258 g/mol. The first-order valence-electron chi connectivity index (χ1n) is 7.48. The fraction of sp³-hybridized carbons (Fsp3) is 0.857. The predicted octanol–water partition coefficient (Wildman–Crippen LogP) is -0.260. The van der Waals surface area contributed by atoms with E-state index in [4.69, 9.17) is 4.74 Å². The Hall–Kier alpha value is -1.14. The second kappa shape index (κ2) is 7.59. The first kappa shape index (κ1) is 15.3. The first-order chi connectivity index (χ1) is 9.70. The van der Waals surface area contributed by atoms with E-state index in [1.54, 1.807) is 7.11 Å². The summed E-state index contributed by atoms with van der Waals surface area (Å²) >= 11 is 0. The molecule has 114 valence electrons. The van der Waals surface area contributed by atoms with E-state index in [9.17, 15) is 9.59 Å². The third-order valence-corrected chi connectivity index (χ3v) is 4.09. The summed E-state index contributed by atoms with van der Waals surface area (Å²) in [5, 5.41) is 6.21. The largest absolute Gasteiger partial charge is 0.383 e. The Morgan fingerprint density at radius 1 is 1.45 bits per heavy atom. The maximum Gasteiger partial charge on any atom is 0.227 e. The number of amides is 2. The van der Waals surface area contributed by atoms with Crippen molar-refractivity contribution in [2.24, 2.45) is 5.92 Å². The van der Waals surface area contributed by atoms with Crippen molar-refractivity contribution in [1.29, 1.82) is 0 Å². The summed E-state index contributed by atoms with van der Waals surface area (Å²) in [6.07, 6.45) is 3.41. The van der Waals surface area contributed by atoms with Crippen LogP contribution in [0.2, 0.25) is 0 Å². The highest BCUT2D eigenvalue weighted by Gasteiger charge is 2.29. The number of hydrogen-bond acceptors (Lipinski definition) is 4. The molecule has 0 saturated carbocycles. The molecule has 2 aliphatic heterocycles. The van der Waals surface area contributed by atoms with Crippen molar-refractivity contribution in [3.05, 3.63) is 0 Å². The van der Waals surface area contributed by atoms with E-state index in [1.165, 1.54) is 6.42 Å². The van der Waals surface area contributed by atoms with Crippen molar-refractivity contribution in [3.63, 3.8) is 0 Å². The minimum absolute atomic E-state index is 0.0509. The van der Waals surface area contributed by atoms with Gasteiger partial charge >= 0.3 is 0 Å². The number of hydrogen-bond donors (Lipinski definition) is 2. The molecule has 2 saturated heterocycles. The van der Waals surface area contributed by atoms with Crippen molar-refractivity contribution in [2.45, 2.75) is 31.7 Å². The molecule has 6 nitrogen and oxygen atoms in total. The lowest BCUT2D eigenvalue weighted by molar-refractivity contribution is -0.138. The van der Waals surface area contributed by atoms with Gasteiger partial charge in [0.25, 0.3) is 0 Å². The van der Waals surface area contributed by atoms with Crippen LogP contribution >= 0.6 is 0 Å². The maximum atomic E-state index is 12.6. The van der Waals surface area contributed by atoms with Crippen LogP contribution in [0.25, 0.3) is 0 Å². The lowest BCUT2D eigenvalue weighted by atomic mass is 9.97. The van der Waals surface area contributed by atoms with Crippen molar-refractivity contribution in [1.82, 2.24) is 15.5 Å². The summed E-state index contributed by atoms with van der Waals surface area (Å²) in [4.78, 5) is 25.7. The Morgan fingerprint density at radius 2 is 2.30 bits per heavy atom. The topological polar surface area (TPSA) is 70.7 Å². The van der Waals surface area contributed by atoms with Crippen molar-refractivity contribution in [3.8, 4) is 0 Å². The standard InChI is InChI=1S/C14H25N3O3/c1-20-8-7-17(10-12-3-2-6-15-12)14(19)11-4-5-13(18)16-9-11/h11-12,15H,2-10H2,1H3,(H,16,18). The Labute approximate surface area is 120 Å². The zero-order valence-electron chi connectivity index (χ0n) is 12.2. The molecular formula is C14H25N3O3. The van der Waals surface area contributed by atoms with E-state index < -0.39 is 0 Å². The molecule has 2 N–H and O–H groups in total. The zero-order valence-corrected chi connectivity index (χ0v) is 12.2. The normalized spacial score (nSPS) is 26.4. The molecule has 0 aromatic rings. The second-order valence-corrected chi connectivity index (χ2v) is 5.61. The van der Waals surface area contributed by atoms with Gasteiger partial charge in [0.15, 0.2) is 0 Å². The number of nitrogens with one attached hydrogen (secondary N) is 2. The summed E-state index contributed by atoms with van der Waals surface area (Å²) in [7, 11) is 1.65. The molecule has 0 spiro atoms. The van der Waals surface area contributed by atoms with E-state index in [0.717, 1.165) is 19.5 Å². The third-order valence-electron chi connectivity index (χ3n) is 4.09. The number of ether oxygens (including phenoxy) is 1. The van der Waals surface area contributed by atoms with Gasteiger partial charge in [0, 0.05) is 39.2 Å². The van der Waals surface area contributed by atoms with Crippen LogP contribution in [0, 0.1) is 5.92 Å².